The summed E-state index contributed by atoms with van der Waals surface area (Å²) in [6.07, 6.45) is 0.462. The number of aromatic nitrogens is 2. The van der Waals surface area contributed by atoms with E-state index in [1.165, 1.54) is 19.1 Å². The number of hydrogen-bond acceptors (Lipinski definition) is 9. The fourth-order valence-electron chi connectivity index (χ4n) is 3.24. The van der Waals surface area contributed by atoms with Gasteiger partial charge in [0.25, 0.3) is 5.56 Å². The molecule has 3 rings (SSSR count). The molecule has 31 heavy (non-hydrogen) atoms. The lowest BCUT2D eigenvalue weighted by molar-refractivity contribution is -0.0204. The predicted molar refractivity (Wildman–Crippen MR) is 107 cm³/mol. The summed E-state index contributed by atoms with van der Waals surface area (Å²) in [5, 5.41) is 2.75. The van der Waals surface area contributed by atoms with Gasteiger partial charge < -0.3 is 14.2 Å². The van der Waals surface area contributed by atoms with E-state index in [2.05, 4.69) is 14.7 Å². The molecule has 1 aliphatic heterocycles. The fraction of sp³-hybridized carbons (Fsp3) is 0.333. The molecule has 2 aromatic rings. The maximum Gasteiger partial charge on any atom is 0.330 e. The van der Waals surface area contributed by atoms with Gasteiger partial charge in [-0.15, -0.1) is 4.91 Å². The topological polar surface area (TPSA) is 174 Å². The third kappa shape index (κ3) is 5.00. The molecule has 1 aromatic carbocycles. The van der Waals surface area contributed by atoms with Gasteiger partial charge in [-0.1, -0.05) is 6.07 Å². The minimum absolute atomic E-state index is 0.0310. The number of Topliss-reactive ketones (excluding diaryl/α,β-unsaturated/α-hetero) is 1. The molecule has 164 valence electrons. The molecule has 1 aromatic heterocycles. The Balaban J connectivity index is 1.91. The van der Waals surface area contributed by atoms with E-state index < -0.39 is 43.4 Å². The smallest absolute Gasteiger partial charge is 0.330 e. The number of nitroso groups, excluding NO2 is 1. The summed E-state index contributed by atoms with van der Waals surface area (Å²) >= 11 is 0. The second kappa shape index (κ2) is 9.40. The molecule has 2 unspecified atom stereocenters. The summed E-state index contributed by atoms with van der Waals surface area (Å²) in [6.45, 7) is 1.10. The molecule has 1 saturated heterocycles. The highest BCUT2D eigenvalue weighted by Crippen LogP contribution is 2.29. The van der Waals surface area contributed by atoms with E-state index in [0.717, 1.165) is 16.8 Å². The molecule has 13 heteroatoms. The van der Waals surface area contributed by atoms with E-state index in [4.69, 9.17) is 9.63 Å². The van der Waals surface area contributed by atoms with Crippen molar-refractivity contribution in [1.29, 1.82) is 0 Å². The number of aromatic amines is 1. The quantitative estimate of drug-likeness (QED) is 0.342. The van der Waals surface area contributed by atoms with Crippen LogP contribution in [0.15, 0.2) is 39.2 Å². The van der Waals surface area contributed by atoms with Crippen molar-refractivity contribution in [3.63, 3.8) is 0 Å². The third-order valence-electron chi connectivity index (χ3n) is 4.74. The Kier molecular flexibility index (Phi) is 6.86. The van der Waals surface area contributed by atoms with Crippen molar-refractivity contribution in [2.24, 2.45) is 5.18 Å². The number of H-pyrrole nitrogens is 1. The molecular weight excluding hydrogens is 433 g/mol. The van der Waals surface area contributed by atoms with E-state index in [-0.39, 0.29) is 29.0 Å². The number of carbonyl (C=O) groups is 2. The number of benzene rings is 1. The van der Waals surface area contributed by atoms with Crippen molar-refractivity contribution in [3.8, 4) is 0 Å². The number of carbonyl (C=O) groups excluding carboxylic acids is 2. The largest absolute Gasteiger partial charge is 0.352 e. The Bertz CT molecular complexity index is 1190. The van der Waals surface area contributed by atoms with Crippen LogP contribution in [0.1, 0.15) is 52.3 Å². The number of ether oxygens (including phenoxy) is 1. The lowest BCUT2D eigenvalue weighted by Crippen LogP contribution is -2.35. The van der Waals surface area contributed by atoms with Crippen molar-refractivity contribution in [1.82, 2.24) is 9.55 Å². The van der Waals surface area contributed by atoms with Crippen LogP contribution in [0.2, 0.25) is 0 Å². The van der Waals surface area contributed by atoms with Crippen LogP contribution in [0.25, 0.3) is 0 Å². The van der Waals surface area contributed by atoms with Gasteiger partial charge in [-0.05, 0) is 37.1 Å². The third-order valence-corrected chi connectivity index (χ3v) is 5.15. The zero-order valence-corrected chi connectivity index (χ0v) is 17.2. The van der Waals surface area contributed by atoms with Crippen molar-refractivity contribution >= 4 is 25.5 Å². The van der Waals surface area contributed by atoms with Gasteiger partial charge in [0.15, 0.2) is 11.6 Å². The van der Waals surface area contributed by atoms with E-state index in [1.807, 2.05) is 0 Å². The summed E-state index contributed by atoms with van der Waals surface area (Å²) in [4.78, 5) is 70.7. The molecule has 3 atom stereocenters. The second-order valence-electron chi connectivity index (χ2n) is 6.78. The zero-order chi connectivity index (χ0) is 22.7. The van der Waals surface area contributed by atoms with Gasteiger partial charge in [-0.25, -0.2) is 4.79 Å². The van der Waals surface area contributed by atoms with E-state index in [9.17, 15) is 28.7 Å². The molecule has 0 bridgehead atoms. The van der Waals surface area contributed by atoms with Crippen LogP contribution in [0.5, 0.6) is 0 Å². The van der Waals surface area contributed by atoms with Gasteiger partial charge in [-0.3, -0.25) is 28.5 Å². The molecular formula is C18H18N3O9P. The molecule has 2 heterocycles. The number of hydrogen-bond donors (Lipinski definition) is 2. The van der Waals surface area contributed by atoms with Gasteiger partial charge in [0.1, 0.15) is 17.5 Å². The highest BCUT2D eigenvalue weighted by molar-refractivity contribution is 7.32. The maximum atomic E-state index is 12.9. The maximum absolute atomic E-state index is 12.9. The van der Waals surface area contributed by atoms with Crippen LogP contribution in [-0.2, 0) is 13.8 Å². The molecule has 1 fully saturated rings. The van der Waals surface area contributed by atoms with Crippen molar-refractivity contribution in [2.75, 3.05) is 6.61 Å². The zero-order valence-electron chi connectivity index (χ0n) is 16.2. The highest BCUT2D eigenvalue weighted by atomic mass is 31.1. The first kappa shape index (κ1) is 22.6. The van der Waals surface area contributed by atoms with Crippen molar-refractivity contribution in [3.05, 3.63) is 66.8 Å². The molecule has 12 nitrogen and oxygen atoms in total. The molecule has 0 amide bonds. The summed E-state index contributed by atoms with van der Waals surface area (Å²) in [5.74, 6) is -1.20. The average Bonchev–Trinajstić information content (AvgIpc) is 3.20. The average molecular weight is 451 g/mol. The van der Waals surface area contributed by atoms with E-state index >= 15 is 0 Å². The van der Waals surface area contributed by atoms with Crippen LogP contribution in [0.3, 0.4) is 0 Å². The normalized spacial score (nSPS) is 19.2. The summed E-state index contributed by atoms with van der Waals surface area (Å²) in [6, 6.07) is 3.63. The molecule has 0 saturated carbocycles. The number of nitrogens with one attached hydrogen (secondary N) is 1. The van der Waals surface area contributed by atoms with Gasteiger partial charge in [0, 0.05) is 17.3 Å². The Labute approximate surface area is 174 Å². The monoisotopic (exact) mass is 451 g/mol. The van der Waals surface area contributed by atoms with Crippen LogP contribution in [0, 0.1) is 4.91 Å². The first-order valence-corrected chi connectivity index (χ1v) is 10.4. The first-order chi connectivity index (χ1) is 14.7. The molecule has 0 spiro atoms. The van der Waals surface area contributed by atoms with Crippen molar-refractivity contribution < 1.29 is 28.3 Å². The fourth-order valence-corrected chi connectivity index (χ4v) is 3.57. The number of ketones is 2. The summed E-state index contributed by atoms with van der Waals surface area (Å²) < 4.78 is 22.0. The van der Waals surface area contributed by atoms with Gasteiger partial charge in [0.05, 0.1) is 12.7 Å². The van der Waals surface area contributed by atoms with E-state index in [1.54, 1.807) is 0 Å². The Morgan fingerprint density at radius 1 is 1.32 bits per heavy atom. The first-order valence-electron chi connectivity index (χ1n) is 9.11. The lowest BCUT2D eigenvalue weighted by atomic mass is 10.0. The Morgan fingerprint density at radius 2 is 2.06 bits per heavy atom. The summed E-state index contributed by atoms with van der Waals surface area (Å²) in [5.41, 5.74) is -2.39. The Hall–Kier alpha value is -3.05. The van der Waals surface area contributed by atoms with Gasteiger partial charge in [0.2, 0.25) is 0 Å². The molecule has 0 aliphatic carbocycles. The van der Waals surface area contributed by atoms with Crippen LogP contribution in [0.4, 0.5) is 5.69 Å². The minimum atomic E-state index is -3.12. The SMILES string of the molecule is CC(=O)c1ccc(C(=O)c2cn(C3CC[C@@H](CO[PH](=O)O)O3)c(=O)[nH]c2=O)cc1N=O. The standard InChI is InChI=1S/C18H18N3O9P/c1-9(22)12-4-2-10(6-14(12)20-26)16(23)13-7-21(18(25)19-17(13)24)15-5-3-11(30-15)8-29-31(27)28/h2,4,6-7,11,15,31H,3,5,8H2,1H3,(H,27,28)(H,19,24,25)/t11-,15?/m0/s1. The number of nitrogens with zero attached hydrogens (tertiary/aromatic N) is 2. The number of rotatable bonds is 8. The van der Waals surface area contributed by atoms with Crippen LogP contribution >= 0.6 is 8.25 Å². The van der Waals surface area contributed by atoms with Gasteiger partial charge >= 0.3 is 13.9 Å². The highest BCUT2D eigenvalue weighted by Gasteiger charge is 2.29. The van der Waals surface area contributed by atoms with Crippen LogP contribution in [-0.4, -0.2) is 38.7 Å². The molecule has 0 radical (unpaired) electrons. The molecule has 1 aliphatic rings. The lowest BCUT2D eigenvalue weighted by Gasteiger charge is -2.16. The summed E-state index contributed by atoms with van der Waals surface area (Å²) in [7, 11) is -3.12. The van der Waals surface area contributed by atoms with E-state index in [0.29, 0.717) is 12.8 Å². The predicted octanol–water partition coefficient (Wildman–Crippen LogP) is 1.44. The second-order valence-corrected chi connectivity index (χ2v) is 7.61. The van der Waals surface area contributed by atoms with Crippen molar-refractivity contribution in [2.45, 2.75) is 32.1 Å². The van der Waals surface area contributed by atoms with Crippen LogP contribution < -0.4 is 11.2 Å². The Morgan fingerprint density at radius 3 is 2.71 bits per heavy atom. The molecule has 2 N–H and O–H groups in total. The minimum Gasteiger partial charge on any atom is -0.352 e. The van der Waals surface area contributed by atoms with Gasteiger partial charge in [-0.2, -0.15) is 0 Å².